The standard InChI is InChI=1S/C16H13NO4/c18-14-12-8-4-5-9(6-8)13(12)15(19)17(14)11-3-1-2-10(7-11)16(20)21/h1-5,7-9,12-13H,6H2,(H,20,21)/p-1/t8-,9-,12+,13+/m1/s1. The summed E-state index contributed by atoms with van der Waals surface area (Å²) < 4.78 is 0. The number of nitrogens with zero attached hydrogens (tertiary/aromatic N) is 1. The number of anilines is 1. The Balaban J connectivity index is 1.74. The molecule has 0 unspecified atom stereocenters. The Kier molecular flexibility index (Phi) is 2.37. The smallest absolute Gasteiger partial charge is 0.238 e. The van der Waals surface area contributed by atoms with E-state index in [2.05, 4.69) is 0 Å². The highest BCUT2D eigenvalue weighted by Crippen LogP contribution is 2.53. The first-order valence-electron chi connectivity index (χ1n) is 6.95. The number of fused-ring (bicyclic) bond motifs is 5. The highest BCUT2D eigenvalue weighted by atomic mass is 16.4. The van der Waals surface area contributed by atoms with Gasteiger partial charge >= 0.3 is 0 Å². The van der Waals surface area contributed by atoms with Gasteiger partial charge in [-0.1, -0.05) is 24.3 Å². The summed E-state index contributed by atoms with van der Waals surface area (Å²) in [6.07, 6.45) is 4.93. The van der Waals surface area contributed by atoms with Crippen molar-refractivity contribution in [2.45, 2.75) is 6.42 Å². The molecule has 1 aromatic carbocycles. The molecule has 0 spiro atoms. The van der Waals surface area contributed by atoms with Crippen LogP contribution in [0.5, 0.6) is 0 Å². The van der Waals surface area contributed by atoms with Crippen LogP contribution in [-0.2, 0) is 9.59 Å². The Bertz CT molecular complexity index is 678. The molecule has 2 amide bonds. The van der Waals surface area contributed by atoms with Gasteiger partial charge in [-0.2, -0.15) is 0 Å². The number of carboxylic acid groups (broad SMARTS) is 1. The molecule has 4 rings (SSSR count). The molecule has 0 aromatic heterocycles. The second kappa shape index (κ2) is 4.04. The Morgan fingerprint density at radius 2 is 1.71 bits per heavy atom. The van der Waals surface area contributed by atoms with Crippen molar-refractivity contribution in [3.63, 3.8) is 0 Å². The van der Waals surface area contributed by atoms with E-state index >= 15 is 0 Å². The molecule has 106 valence electrons. The molecule has 1 heterocycles. The largest absolute Gasteiger partial charge is 0.545 e. The normalized spacial score (nSPS) is 32.9. The maximum absolute atomic E-state index is 12.6. The minimum Gasteiger partial charge on any atom is -0.545 e. The molecule has 5 heteroatoms. The van der Waals surface area contributed by atoms with E-state index in [1.807, 2.05) is 12.2 Å². The lowest BCUT2D eigenvalue weighted by Gasteiger charge is -2.18. The molecule has 1 aromatic rings. The van der Waals surface area contributed by atoms with Crippen molar-refractivity contribution >= 4 is 23.5 Å². The third-order valence-corrected chi connectivity index (χ3v) is 4.81. The molecule has 4 atom stereocenters. The van der Waals surface area contributed by atoms with Crippen molar-refractivity contribution in [1.82, 2.24) is 0 Å². The van der Waals surface area contributed by atoms with Gasteiger partial charge in [0.25, 0.3) is 0 Å². The lowest BCUT2D eigenvalue weighted by atomic mass is 9.85. The zero-order chi connectivity index (χ0) is 14.7. The number of carbonyl (C=O) groups is 3. The number of rotatable bonds is 2. The van der Waals surface area contributed by atoms with E-state index in [9.17, 15) is 19.5 Å². The summed E-state index contributed by atoms with van der Waals surface area (Å²) >= 11 is 0. The fourth-order valence-corrected chi connectivity index (χ4v) is 3.93. The van der Waals surface area contributed by atoms with Gasteiger partial charge in [0.05, 0.1) is 23.5 Å². The number of benzene rings is 1. The summed E-state index contributed by atoms with van der Waals surface area (Å²) in [5.74, 6) is -2.01. The Hall–Kier alpha value is -2.43. The van der Waals surface area contributed by atoms with Gasteiger partial charge in [-0.3, -0.25) is 9.59 Å². The zero-order valence-corrected chi connectivity index (χ0v) is 11.1. The van der Waals surface area contributed by atoms with Crippen molar-refractivity contribution in [3.8, 4) is 0 Å². The van der Waals surface area contributed by atoms with Gasteiger partial charge in [0.15, 0.2) is 0 Å². The maximum Gasteiger partial charge on any atom is 0.238 e. The van der Waals surface area contributed by atoms with E-state index in [4.69, 9.17) is 0 Å². The van der Waals surface area contributed by atoms with Crippen LogP contribution in [0.15, 0.2) is 36.4 Å². The van der Waals surface area contributed by atoms with E-state index in [-0.39, 0.29) is 41.0 Å². The van der Waals surface area contributed by atoms with Gasteiger partial charge in [0.2, 0.25) is 11.8 Å². The third kappa shape index (κ3) is 1.54. The molecule has 2 aliphatic carbocycles. The van der Waals surface area contributed by atoms with Crippen molar-refractivity contribution in [3.05, 3.63) is 42.0 Å². The molecule has 0 radical (unpaired) electrons. The summed E-state index contributed by atoms with van der Waals surface area (Å²) in [6.45, 7) is 0. The number of allylic oxidation sites excluding steroid dienone is 2. The van der Waals surface area contributed by atoms with Crippen LogP contribution < -0.4 is 10.0 Å². The molecule has 3 aliphatic rings. The summed E-state index contributed by atoms with van der Waals surface area (Å²) in [7, 11) is 0. The van der Waals surface area contributed by atoms with E-state index in [0.29, 0.717) is 5.69 Å². The lowest BCUT2D eigenvalue weighted by Crippen LogP contribution is -2.33. The fourth-order valence-electron chi connectivity index (χ4n) is 3.93. The highest BCUT2D eigenvalue weighted by Gasteiger charge is 2.59. The Labute approximate surface area is 120 Å². The van der Waals surface area contributed by atoms with E-state index in [1.165, 1.54) is 18.2 Å². The SMILES string of the molecule is O=C([O-])c1cccc(N2C(=O)[C@@H]3[C@@H](C2=O)[C@@H]2C=C[C@@H]3C2)c1. The monoisotopic (exact) mass is 282 g/mol. The zero-order valence-electron chi connectivity index (χ0n) is 11.1. The summed E-state index contributed by atoms with van der Waals surface area (Å²) in [5, 5.41) is 10.9. The van der Waals surface area contributed by atoms with Gasteiger partial charge in [0.1, 0.15) is 0 Å². The number of amides is 2. The summed E-state index contributed by atoms with van der Waals surface area (Å²) in [4.78, 5) is 37.2. The molecule has 1 saturated carbocycles. The number of imide groups is 1. The number of hydrogen-bond donors (Lipinski definition) is 0. The third-order valence-electron chi connectivity index (χ3n) is 4.81. The van der Waals surface area contributed by atoms with Crippen LogP contribution in [0.4, 0.5) is 5.69 Å². The molecular formula is C16H12NO4-. The van der Waals surface area contributed by atoms with Gasteiger partial charge in [-0.25, -0.2) is 4.90 Å². The topological polar surface area (TPSA) is 77.5 Å². The van der Waals surface area contributed by atoms with Gasteiger partial charge in [-0.15, -0.1) is 0 Å². The number of aromatic carboxylic acids is 1. The molecule has 2 fully saturated rings. The van der Waals surface area contributed by atoms with E-state index in [1.54, 1.807) is 6.07 Å². The molecule has 1 saturated heterocycles. The Morgan fingerprint density at radius 1 is 1.10 bits per heavy atom. The van der Waals surface area contributed by atoms with Crippen LogP contribution in [-0.4, -0.2) is 17.8 Å². The van der Waals surface area contributed by atoms with Gasteiger partial charge < -0.3 is 9.90 Å². The van der Waals surface area contributed by atoms with Crippen molar-refractivity contribution in [2.75, 3.05) is 4.90 Å². The maximum atomic E-state index is 12.6. The fraction of sp³-hybridized carbons (Fsp3) is 0.312. The quantitative estimate of drug-likeness (QED) is 0.579. The van der Waals surface area contributed by atoms with Crippen LogP contribution >= 0.6 is 0 Å². The second-order valence-electron chi connectivity index (χ2n) is 5.85. The van der Waals surface area contributed by atoms with E-state index < -0.39 is 5.97 Å². The lowest BCUT2D eigenvalue weighted by molar-refractivity contribution is -0.255. The second-order valence-corrected chi connectivity index (χ2v) is 5.85. The predicted molar refractivity (Wildman–Crippen MR) is 71.0 cm³/mol. The van der Waals surface area contributed by atoms with Crippen molar-refractivity contribution in [1.29, 1.82) is 0 Å². The molecular weight excluding hydrogens is 270 g/mol. The van der Waals surface area contributed by atoms with Crippen LogP contribution in [0.2, 0.25) is 0 Å². The average Bonchev–Trinajstić information content (AvgIpc) is 3.13. The first-order chi connectivity index (χ1) is 10.1. The number of hydrogen-bond acceptors (Lipinski definition) is 4. The van der Waals surface area contributed by atoms with Crippen LogP contribution in [0.25, 0.3) is 0 Å². The molecule has 0 N–H and O–H groups in total. The predicted octanol–water partition coefficient (Wildman–Crippen LogP) is 0.362. The first kappa shape index (κ1) is 12.3. The minimum absolute atomic E-state index is 0.0359. The number of carbonyl (C=O) groups excluding carboxylic acids is 3. The Morgan fingerprint density at radius 3 is 2.29 bits per heavy atom. The molecule has 21 heavy (non-hydrogen) atoms. The molecule has 1 aliphatic heterocycles. The summed E-state index contributed by atoms with van der Waals surface area (Å²) in [5.41, 5.74) is 0.284. The van der Waals surface area contributed by atoms with Crippen LogP contribution in [0.1, 0.15) is 16.8 Å². The number of carboxylic acids is 1. The minimum atomic E-state index is -1.32. The molecule has 5 nitrogen and oxygen atoms in total. The average molecular weight is 282 g/mol. The van der Waals surface area contributed by atoms with Crippen LogP contribution in [0, 0.1) is 23.7 Å². The van der Waals surface area contributed by atoms with Crippen molar-refractivity contribution < 1.29 is 19.5 Å². The molecule has 2 bridgehead atoms. The summed E-state index contributed by atoms with van der Waals surface area (Å²) in [6, 6.07) is 5.80. The van der Waals surface area contributed by atoms with E-state index in [0.717, 1.165) is 11.3 Å². The van der Waals surface area contributed by atoms with Gasteiger partial charge in [-0.05, 0) is 36.0 Å². The highest BCUT2D eigenvalue weighted by molar-refractivity contribution is 6.23. The van der Waals surface area contributed by atoms with Gasteiger partial charge in [0, 0.05) is 0 Å². The van der Waals surface area contributed by atoms with Crippen LogP contribution in [0.3, 0.4) is 0 Å². The van der Waals surface area contributed by atoms with Crippen molar-refractivity contribution in [2.24, 2.45) is 23.7 Å². The first-order valence-corrected chi connectivity index (χ1v) is 6.95.